The van der Waals surface area contributed by atoms with Crippen LogP contribution in [0.15, 0.2) is 115 Å². The summed E-state index contributed by atoms with van der Waals surface area (Å²) in [4.78, 5) is 171. The third-order valence-electron chi connectivity index (χ3n) is 14.1. The standard InChI is InChI=1S/C70H72N4O26/c1-39(75)93-52-26-16-22-47(60(52)96-42(4)78)65(83)71-34-12-14-36-73(38-46-30-31-51(91-7)64(92-8)58(46)69(87)88)67(85)49-24-18-28-54(95-41(3)77)63(49)100-57(82)33-32-56(81)99-55-29-17-23-48(61(55)97-43(5)79)66(84)72-35-13-15-37-74(59(70(89)90)45-20-10-9-11-21-45)68(86)50-25-19-27-53(94-40(2)76)62(50)98-44(6)80/h9-11,16-31,59,66,72,84H,12-15,32-38H2,1-8H3,(H,71,83)(H,87,88)(H,89,90). The number of unbranched alkanes of at least 4 members (excludes halogenated alkanes) is 2. The lowest BCUT2D eigenvalue weighted by Crippen LogP contribution is -2.40. The lowest BCUT2D eigenvalue weighted by molar-refractivity contribution is -0.143. The average Bonchev–Trinajstić information content (AvgIpc) is 0.813. The Hall–Kier alpha value is -12.1. The topological polar surface area (TPSA) is 405 Å². The van der Waals surface area contributed by atoms with Crippen molar-refractivity contribution in [1.82, 2.24) is 20.4 Å². The van der Waals surface area contributed by atoms with Gasteiger partial charge < -0.3 is 77.8 Å². The van der Waals surface area contributed by atoms with Crippen LogP contribution in [0.1, 0.15) is 150 Å². The van der Waals surface area contributed by atoms with Crippen LogP contribution in [-0.4, -0.2) is 143 Å². The summed E-state index contributed by atoms with van der Waals surface area (Å²) in [5.74, 6) is -15.8. The number of aromatic carboxylic acids is 1. The number of carboxylic acid groups (broad SMARTS) is 2. The van der Waals surface area contributed by atoms with Crippen molar-refractivity contribution < 1.29 is 125 Å². The minimum atomic E-state index is -1.64. The minimum absolute atomic E-state index is 0.0308. The van der Waals surface area contributed by atoms with Crippen LogP contribution in [0.25, 0.3) is 0 Å². The predicted octanol–water partition coefficient (Wildman–Crippen LogP) is 7.43. The molecule has 0 aliphatic rings. The molecule has 0 spiro atoms. The summed E-state index contributed by atoms with van der Waals surface area (Å²) in [6.07, 6.45) is -2.65. The molecule has 2 unspecified atom stereocenters. The maximum atomic E-state index is 15.0. The number of aliphatic carboxylic acids is 1. The van der Waals surface area contributed by atoms with Gasteiger partial charge in [0.25, 0.3) is 17.7 Å². The van der Waals surface area contributed by atoms with E-state index >= 15 is 0 Å². The number of esters is 8. The van der Waals surface area contributed by atoms with Gasteiger partial charge in [-0.2, -0.15) is 0 Å². The Balaban J connectivity index is 1.18. The van der Waals surface area contributed by atoms with E-state index in [0.717, 1.165) is 46.4 Å². The first-order chi connectivity index (χ1) is 47.6. The normalized spacial score (nSPS) is 11.2. The van der Waals surface area contributed by atoms with Crippen molar-refractivity contribution >= 4 is 77.4 Å². The Kier molecular flexibility index (Phi) is 28.4. The van der Waals surface area contributed by atoms with E-state index in [-0.39, 0.29) is 125 Å². The molecule has 30 nitrogen and oxygen atoms in total. The molecule has 5 N–H and O–H groups in total. The molecule has 100 heavy (non-hydrogen) atoms. The van der Waals surface area contributed by atoms with Crippen molar-refractivity contribution in [1.29, 1.82) is 0 Å². The number of nitrogens with one attached hydrogen (secondary N) is 2. The van der Waals surface area contributed by atoms with Crippen LogP contribution in [0, 0.1) is 0 Å². The fourth-order valence-corrected chi connectivity index (χ4v) is 10.0. The van der Waals surface area contributed by atoms with Crippen molar-refractivity contribution in [3.05, 3.63) is 154 Å². The zero-order chi connectivity index (χ0) is 73.3. The van der Waals surface area contributed by atoms with Gasteiger partial charge in [-0.05, 0) is 91.9 Å². The highest BCUT2D eigenvalue weighted by Gasteiger charge is 2.35. The number of aliphatic hydroxyl groups is 1. The summed E-state index contributed by atoms with van der Waals surface area (Å²) in [6.45, 7) is 5.48. The predicted molar refractivity (Wildman–Crippen MR) is 347 cm³/mol. The Morgan fingerprint density at radius 2 is 0.910 bits per heavy atom. The molecule has 2 atom stereocenters. The summed E-state index contributed by atoms with van der Waals surface area (Å²) < 4.78 is 53.7. The van der Waals surface area contributed by atoms with Crippen molar-refractivity contribution in [2.45, 2.75) is 98.9 Å². The maximum absolute atomic E-state index is 15.0. The van der Waals surface area contributed by atoms with Crippen molar-refractivity contribution in [2.75, 3.05) is 40.4 Å². The van der Waals surface area contributed by atoms with Crippen LogP contribution in [0.2, 0.25) is 0 Å². The lowest BCUT2D eigenvalue weighted by Gasteiger charge is -2.30. The van der Waals surface area contributed by atoms with Gasteiger partial charge in [-0.25, -0.2) is 9.59 Å². The van der Waals surface area contributed by atoms with E-state index in [1.807, 2.05) is 0 Å². The Morgan fingerprint density at radius 3 is 1.43 bits per heavy atom. The van der Waals surface area contributed by atoms with Crippen LogP contribution in [0.5, 0.6) is 57.5 Å². The number of carbonyl (C=O) groups excluding carboxylic acids is 11. The van der Waals surface area contributed by atoms with Crippen molar-refractivity contribution in [3.63, 3.8) is 0 Å². The molecule has 3 amide bonds. The number of nitrogens with zero attached hydrogens (tertiary/aromatic N) is 2. The Bertz CT molecular complexity index is 4080. The van der Waals surface area contributed by atoms with Crippen molar-refractivity contribution in [2.24, 2.45) is 0 Å². The zero-order valence-electron chi connectivity index (χ0n) is 55.5. The van der Waals surface area contributed by atoms with Gasteiger partial charge in [-0.1, -0.05) is 66.7 Å². The highest BCUT2D eigenvalue weighted by Crippen LogP contribution is 2.40. The number of carbonyl (C=O) groups is 13. The molecule has 528 valence electrons. The van der Waals surface area contributed by atoms with Gasteiger partial charge in [0, 0.05) is 73.3 Å². The summed E-state index contributed by atoms with van der Waals surface area (Å²) in [7, 11) is 2.51. The largest absolute Gasteiger partial charge is 0.493 e. The van der Waals surface area contributed by atoms with Crippen LogP contribution < -0.4 is 58.0 Å². The van der Waals surface area contributed by atoms with Gasteiger partial charge >= 0.3 is 59.7 Å². The van der Waals surface area contributed by atoms with Gasteiger partial charge in [-0.15, -0.1) is 0 Å². The fourth-order valence-electron chi connectivity index (χ4n) is 10.0. The smallest absolute Gasteiger partial charge is 0.339 e. The van der Waals surface area contributed by atoms with Gasteiger partial charge in [0.15, 0.2) is 63.5 Å². The number of hydrogen-bond acceptors (Lipinski definition) is 25. The third-order valence-corrected chi connectivity index (χ3v) is 14.1. The Morgan fingerprint density at radius 1 is 0.440 bits per heavy atom. The second-order valence-corrected chi connectivity index (χ2v) is 21.6. The first kappa shape index (κ1) is 77.0. The molecule has 6 rings (SSSR count). The molecule has 0 bridgehead atoms. The number of carboxylic acids is 2. The molecule has 0 saturated carbocycles. The zero-order valence-corrected chi connectivity index (χ0v) is 55.5. The molecular formula is C70H72N4O26. The first-order valence-corrected chi connectivity index (χ1v) is 30.7. The van der Waals surface area contributed by atoms with E-state index in [1.165, 1.54) is 116 Å². The quantitative estimate of drug-likeness (QED) is 0.0113. The minimum Gasteiger partial charge on any atom is -0.493 e. The fraction of sp³-hybridized carbons (Fsp3) is 0.300. The molecule has 0 aliphatic heterocycles. The van der Waals surface area contributed by atoms with Crippen LogP contribution in [-0.2, 0) is 49.7 Å². The number of aliphatic hydroxyl groups excluding tert-OH is 1. The average molecular weight is 1390 g/mol. The summed E-state index contributed by atoms with van der Waals surface area (Å²) >= 11 is 0. The van der Waals surface area contributed by atoms with E-state index in [2.05, 4.69) is 10.6 Å². The monoisotopic (exact) mass is 1380 g/mol. The molecule has 0 radical (unpaired) electrons. The van der Waals surface area contributed by atoms with E-state index in [0.29, 0.717) is 0 Å². The molecule has 0 saturated heterocycles. The number of ether oxygens (including phenoxy) is 10. The molecular weight excluding hydrogens is 1310 g/mol. The number of para-hydroxylation sites is 4. The number of methoxy groups -OCH3 is 2. The summed E-state index contributed by atoms with van der Waals surface area (Å²) in [6, 6.07) is 24.7. The maximum Gasteiger partial charge on any atom is 0.339 e. The SMILES string of the molecule is COc1ccc(CN(CCCCNC(=O)c2cccc(OC(C)=O)c2OC(C)=O)C(=O)c2cccc(OC(C)=O)c2OC(=O)CCC(=O)Oc2cccc(C(O)NCCCCN(C(=O)c3cccc(OC(C)=O)c3OC(C)=O)C(C(=O)O)c3ccccc3)c2OC(C)=O)c(C(=O)O)c1OC. The molecule has 0 heterocycles. The highest BCUT2D eigenvalue weighted by atomic mass is 16.6. The number of benzene rings is 6. The highest BCUT2D eigenvalue weighted by molar-refractivity contribution is 6.02. The molecule has 30 heteroatoms. The van der Waals surface area contributed by atoms with E-state index in [4.69, 9.17) is 47.4 Å². The van der Waals surface area contributed by atoms with E-state index in [9.17, 15) is 77.6 Å². The van der Waals surface area contributed by atoms with E-state index < -0.39 is 132 Å². The van der Waals surface area contributed by atoms with Crippen molar-refractivity contribution in [3.8, 4) is 57.5 Å². The van der Waals surface area contributed by atoms with Crippen LogP contribution in [0.4, 0.5) is 0 Å². The van der Waals surface area contributed by atoms with Crippen LogP contribution in [0.3, 0.4) is 0 Å². The summed E-state index contributed by atoms with van der Waals surface area (Å²) in [5.41, 5.74) is -1.04. The lowest BCUT2D eigenvalue weighted by atomic mass is 10.0. The van der Waals surface area contributed by atoms with Gasteiger partial charge in [0.1, 0.15) is 11.8 Å². The van der Waals surface area contributed by atoms with Crippen LogP contribution >= 0.6 is 0 Å². The second-order valence-electron chi connectivity index (χ2n) is 21.6. The Labute approximate surface area is 571 Å². The number of amides is 3. The number of hydrogen-bond donors (Lipinski definition) is 5. The van der Waals surface area contributed by atoms with E-state index in [1.54, 1.807) is 18.2 Å². The number of rotatable bonds is 34. The second kappa shape index (κ2) is 36.9. The molecule has 0 aromatic heterocycles. The molecule has 0 fully saturated rings. The van der Waals surface area contributed by atoms with Gasteiger partial charge in [0.05, 0.1) is 43.8 Å². The molecule has 6 aromatic rings. The van der Waals surface area contributed by atoms with Gasteiger partial charge in [-0.3, -0.25) is 58.1 Å². The van der Waals surface area contributed by atoms with Gasteiger partial charge in [0.2, 0.25) is 0 Å². The molecule has 6 aromatic carbocycles. The molecule has 0 aliphatic carbocycles. The first-order valence-electron chi connectivity index (χ1n) is 30.7. The summed E-state index contributed by atoms with van der Waals surface area (Å²) in [5, 5.41) is 38.0. The third kappa shape index (κ3) is 21.5.